The molecule has 2 atom stereocenters. The maximum absolute atomic E-state index is 8.88. The lowest BCUT2D eigenvalue weighted by molar-refractivity contribution is 0.367. The van der Waals surface area contributed by atoms with E-state index in [0.29, 0.717) is 23.2 Å². The van der Waals surface area contributed by atoms with Crippen LogP contribution in [0.2, 0.25) is 5.02 Å². The Morgan fingerprint density at radius 3 is 2.94 bits per heavy atom. The Morgan fingerprint density at radius 1 is 1.56 bits per heavy atom. The van der Waals surface area contributed by atoms with Crippen LogP contribution in [-0.4, -0.2) is 19.1 Å². The molecule has 0 spiro atoms. The molecule has 1 fully saturated rings. The Morgan fingerprint density at radius 2 is 2.33 bits per heavy atom. The highest BCUT2D eigenvalue weighted by Crippen LogP contribution is 2.30. The zero-order valence-corrected chi connectivity index (χ0v) is 11.3. The predicted molar refractivity (Wildman–Crippen MR) is 74.8 cm³/mol. The lowest BCUT2D eigenvalue weighted by atomic mass is 9.92. The number of benzene rings is 1. The smallest absolute Gasteiger partial charge is 0.101 e. The van der Waals surface area contributed by atoms with Gasteiger partial charge >= 0.3 is 0 Å². The summed E-state index contributed by atoms with van der Waals surface area (Å²) in [7, 11) is 0. The van der Waals surface area contributed by atoms with Gasteiger partial charge in [0.1, 0.15) is 6.07 Å². The average Bonchev–Trinajstić information content (AvgIpc) is 2.38. The van der Waals surface area contributed by atoms with Gasteiger partial charge in [-0.05, 0) is 37.0 Å². The van der Waals surface area contributed by atoms with Crippen LogP contribution in [0.25, 0.3) is 0 Å². The second-order valence-corrected chi connectivity index (χ2v) is 5.40. The summed E-state index contributed by atoms with van der Waals surface area (Å²) in [6, 6.07) is 8.07. The Labute approximate surface area is 113 Å². The molecule has 1 aromatic rings. The number of nitrogens with two attached hydrogens (primary N) is 1. The van der Waals surface area contributed by atoms with Crippen molar-refractivity contribution in [1.29, 1.82) is 5.26 Å². The van der Waals surface area contributed by atoms with Crippen molar-refractivity contribution in [2.75, 3.05) is 18.0 Å². The first-order valence-corrected chi connectivity index (χ1v) is 6.70. The first-order chi connectivity index (χ1) is 8.65. The minimum Gasteiger partial charge on any atom is -0.367 e. The van der Waals surface area contributed by atoms with E-state index >= 15 is 0 Å². The quantitative estimate of drug-likeness (QED) is 0.893. The van der Waals surface area contributed by atoms with Crippen molar-refractivity contribution in [1.82, 2.24) is 0 Å². The van der Waals surface area contributed by atoms with Crippen molar-refractivity contribution in [2.45, 2.75) is 25.8 Å². The van der Waals surface area contributed by atoms with E-state index in [9.17, 15) is 0 Å². The third-order valence-corrected chi connectivity index (χ3v) is 3.97. The number of nitriles is 1. The van der Waals surface area contributed by atoms with Crippen molar-refractivity contribution in [3.05, 3.63) is 28.8 Å². The van der Waals surface area contributed by atoms with Crippen LogP contribution >= 0.6 is 11.6 Å². The molecular weight excluding hydrogens is 246 g/mol. The highest BCUT2D eigenvalue weighted by molar-refractivity contribution is 6.32. The molecule has 1 aliphatic rings. The van der Waals surface area contributed by atoms with E-state index in [0.717, 1.165) is 24.6 Å². The first-order valence-electron chi connectivity index (χ1n) is 6.32. The van der Waals surface area contributed by atoms with Crippen LogP contribution in [0.5, 0.6) is 0 Å². The maximum atomic E-state index is 8.88. The number of anilines is 1. The predicted octanol–water partition coefficient (Wildman–Crippen LogP) is 2.78. The number of hydrogen-bond acceptors (Lipinski definition) is 3. The van der Waals surface area contributed by atoms with E-state index in [2.05, 4.69) is 17.9 Å². The van der Waals surface area contributed by atoms with E-state index in [1.807, 2.05) is 12.1 Å². The normalized spacial score (nSPS) is 23.8. The number of nitrogens with zero attached hydrogens (tertiary/aromatic N) is 2. The van der Waals surface area contributed by atoms with Crippen molar-refractivity contribution in [3.8, 4) is 6.07 Å². The highest BCUT2D eigenvalue weighted by Gasteiger charge is 2.25. The Hall–Kier alpha value is -1.24. The molecule has 0 saturated carbocycles. The molecule has 1 aliphatic heterocycles. The van der Waals surface area contributed by atoms with Crippen LogP contribution in [0.3, 0.4) is 0 Å². The summed E-state index contributed by atoms with van der Waals surface area (Å²) in [5.74, 6) is 0.726. The van der Waals surface area contributed by atoms with Gasteiger partial charge in [0.15, 0.2) is 0 Å². The van der Waals surface area contributed by atoms with E-state index < -0.39 is 0 Å². The largest absolute Gasteiger partial charge is 0.367 e. The standard InChI is InChI=1S/C14H18ClN3/c1-10-4-5-18(13(6-10)9-17)12-3-2-11(8-16)14(15)7-12/h2-3,7,10,13H,4-6,9,17H2,1H3. The summed E-state index contributed by atoms with van der Waals surface area (Å²) >= 11 is 6.09. The van der Waals surface area contributed by atoms with Crippen molar-refractivity contribution >= 4 is 17.3 Å². The molecule has 0 amide bonds. The SMILES string of the molecule is CC1CCN(c2ccc(C#N)c(Cl)c2)C(CN)C1. The molecule has 2 unspecified atom stereocenters. The third kappa shape index (κ3) is 2.60. The highest BCUT2D eigenvalue weighted by atomic mass is 35.5. The molecule has 96 valence electrons. The van der Waals surface area contributed by atoms with Crippen molar-refractivity contribution in [2.24, 2.45) is 11.7 Å². The summed E-state index contributed by atoms with van der Waals surface area (Å²) in [6.07, 6.45) is 2.29. The summed E-state index contributed by atoms with van der Waals surface area (Å²) < 4.78 is 0. The molecule has 1 saturated heterocycles. The van der Waals surface area contributed by atoms with Gasteiger partial charge in [-0.25, -0.2) is 0 Å². The molecule has 3 nitrogen and oxygen atoms in total. The fourth-order valence-corrected chi connectivity index (χ4v) is 2.81. The number of halogens is 1. The Kier molecular flexibility index (Phi) is 4.11. The zero-order valence-electron chi connectivity index (χ0n) is 10.6. The van der Waals surface area contributed by atoms with Gasteiger partial charge in [0.05, 0.1) is 10.6 Å². The van der Waals surface area contributed by atoms with Gasteiger partial charge in [-0.1, -0.05) is 18.5 Å². The monoisotopic (exact) mass is 263 g/mol. The van der Waals surface area contributed by atoms with Crippen LogP contribution in [0, 0.1) is 17.2 Å². The molecule has 1 heterocycles. The molecule has 4 heteroatoms. The topological polar surface area (TPSA) is 53.0 Å². The molecule has 2 rings (SSSR count). The van der Waals surface area contributed by atoms with Gasteiger partial charge in [-0.15, -0.1) is 0 Å². The van der Waals surface area contributed by atoms with E-state index in [4.69, 9.17) is 22.6 Å². The lowest BCUT2D eigenvalue weighted by Crippen LogP contribution is -2.46. The van der Waals surface area contributed by atoms with Crippen LogP contribution in [-0.2, 0) is 0 Å². The van der Waals surface area contributed by atoms with E-state index in [-0.39, 0.29) is 0 Å². The number of rotatable bonds is 2. The van der Waals surface area contributed by atoms with Gasteiger partial charge in [0.25, 0.3) is 0 Å². The second-order valence-electron chi connectivity index (χ2n) is 4.99. The van der Waals surface area contributed by atoms with Crippen molar-refractivity contribution < 1.29 is 0 Å². The Bertz CT molecular complexity index is 467. The molecule has 0 radical (unpaired) electrons. The summed E-state index contributed by atoms with van der Waals surface area (Å²) in [5.41, 5.74) is 7.45. The average molecular weight is 264 g/mol. The van der Waals surface area contributed by atoms with E-state index in [1.54, 1.807) is 6.07 Å². The second kappa shape index (κ2) is 5.60. The van der Waals surface area contributed by atoms with Crippen LogP contribution in [0.15, 0.2) is 18.2 Å². The lowest BCUT2D eigenvalue weighted by Gasteiger charge is -2.39. The minimum absolute atomic E-state index is 0.373. The van der Waals surface area contributed by atoms with Crippen LogP contribution in [0.1, 0.15) is 25.3 Å². The number of piperidine rings is 1. The summed E-state index contributed by atoms with van der Waals surface area (Å²) in [5, 5.41) is 9.40. The van der Waals surface area contributed by atoms with Gasteiger partial charge in [-0.3, -0.25) is 0 Å². The summed E-state index contributed by atoms with van der Waals surface area (Å²) in [4.78, 5) is 2.31. The van der Waals surface area contributed by atoms with Crippen LogP contribution in [0.4, 0.5) is 5.69 Å². The fraction of sp³-hybridized carbons (Fsp3) is 0.500. The van der Waals surface area contributed by atoms with Crippen molar-refractivity contribution in [3.63, 3.8) is 0 Å². The molecule has 0 bridgehead atoms. The molecule has 0 aromatic heterocycles. The van der Waals surface area contributed by atoms with Gasteiger partial charge in [-0.2, -0.15) is 5.26 Å². The van der Waals surface area contributed by atoms with Gasteiger partial charge < -0.3 is 10.6 Å². The summed E-state index contributed by atoms with van der Waals surface area (Å²) in [6.45, 7) is 3.93. The zero-order chi connectivity index (χ0) is 13.1. The minimum atomic E-state index is 0.373. The first kappa shape index (κ1) is 13.2. The third-order valence-electron chi connectivity index (χ3n) is 3.65. The van der Waals surface area contributed by atoms with Crippen LogP contribution < -0.4 is 10.6 Å². The molecular formula is C14H18ClN3. The molecule has 2 N–H and O–H groups in total. The van der Waals surface area contributed by atoms with Gasteiger partial charge in [0, 0.05) is 24.8 Å². The molecule has 0 aliphatic carbocycles. The maximum Gasteiger partial charge on any atom is 0.101 e. The fourth-order valence-electron chi connectivity index (χ4n) is 2.59. The van der Waals surface area contributed by atoms with Gasteiger partial charge in [0.2, 0.25) is 0 Å². The van der Waals surface area contributed by atoms with E-state index in [1.165, 1.54) is 6.42 Å². The Balaban J connectivity index is 2.25. The number of hydrogen-bond donors (Lipinski definition) is 1. The molecule has 18 heavy (non-hydrogen) atoms. The molecule has 1 aromatic carbocycles.